The fourth-order valence-electron chi connectivity index (χ4n) is 7.14. The molecule has 3 heterocycles. The molecule has 17 heteroatoms. The van der Waals surface area contributed by atoms with E-state index in [0.29, 0.717) is 30.0 Å². The van der Waals surface area contributed by atoms with Gasteiger partial charge in [-0.25, -0.2) is 9.59 Å². The van der Waals surface area contributed by atoms with E-state index in [-0.39, 0.29) is 41.2 Å². The molecule has 3 aliphatic heterocycles. The molecule has 58 heavy (non-hydrogen) atoms. The number of esters is 1. The van der Waals surface area contributed by atoms with Gasteiger partial charge in [0.25, 0.3) is 0 Å². The quantitative estimate of drug-likeness (QED) is 0.102. The molecule has 9 atom stereocenters. The van der Waals surface area contributed by atoms with Crippen molar-refractivity contribution in [1.29, 1.82) is 0 Å². The number of allylic oxidation sites excluding steroid dienone is 3. The summed E-state index contributed by atoms with van der Waals surface area (Å²) in [4.78, 5) is 68.2. The number of nitrogens with zero attached hydrogens (tertiary/aromatic N) is 2. The Bertz CT molecular complexity index is 1760. The minimum Gasteiger partial charge on any atom is -0.495 e. The van der Waals surface area contributed by atoms with E-state index in [9.17, 15) is 29.1 Å². The summed E-state index contributed by atoms with van der Waals surface area (Å²) < 4.78 is 29.3. The zero-order valence-corrected chi connectivity index (χ0v) is 37.4. The molecule has 14 nitrogen and oxygen atoms in total. The number of ketones is 1. The van der Waals surface area contributed by atoms with E-state index in [1.165, 1.54) is 41.9 Å². The molecule has 4 bridgehead atoms. The number of hydrogen-bond donors (Lipinski definition) is 2. The van der Waals surface area contributed by atoms with Gasteiger partial charge in [-0.15, -0.1) is 0 Å². The van der Waals surface area contributed by atoms with E-state index in [1.54, 1.807) is 69.8 Å². The highest BCUT2D eigenvalue weighted by molar-refractivity contribution is 8.76. The van der Waals surface area contributed by atoms with Crippen LogP contribution in [0.2, 0.25) is 5.02 Å². The third kappa shape index (κ3) is 11.7. The highest BCUT2D eigenvalue weighted by Crippen LogP contribution is 2.49. The van der Waals surface area contributed by atoms with E-state index in [2.05, 4.69) is 5.32 Å². The number of methoxy groups -OCH3 is 2. The predicted molar refractivity (Wildman–Crippen MR) is 225 cm³/mol. The van der Waals surface area contributed by atoms with Crippen molar-refractivity contribution >= 4 is 68.5 Å². The fourth-order valence-corrected chi connectivity index (χ4v) is 9.78. The highest BCUT2D eigenvalue weighted by Gasteiger charge is 2.64. The molecule has 2 N–H and O–H groups in total. The Morgan fingerprint density at radius 3 is 2.55 bits per heavy atom. The van der Waals surface area contributed by atoms with Gasteiger partial charge < -0.3 is 43.4 Å². The summed E-state index contributed by atoms with van der Waals surface area (Å²) in [7, 11) is 9.17. The molecule has 1 aromatic carbocycles. The molecule has 3 amide bonds. The average Bonchev–Trinajstić information content (AvgIpc) is 3.87. The van der Waals surface area contributed by atoms with Gasteiger partial charge in [-0.1, -0.05) is 70.8 Å². The lowest BCUT2D eigenvalue weighted by molar-refractivity contribution is -0.162. The van der Waals surface area contributed by atoms with Crippen LogP contribution in [0.5, 0.6) is 5.75 Å². The predicted octanol–water partition coefficient (Wildman–Crippen LogP) is 6.04. The molecular formula is C41H58ClN3O11S2. The molecule has 0 spiro atoms. The molecule has 1 aromatic rings. The van der Waals surface area contributed by atoms with Crippen LogP contribution < -0.4 is 15.0 Å². The molecule has 0 saturated carbocycles. The SMILES string of the molecule is COc1cc2cc(c1Cl)N(C)C(=O)C[C@H](OC(=O)[C@H](C)N(C)C(=O)CCSSC(C)CCC(C)=O)[C@]1(C)O[C@H]1[C@H](C)[C@@H]1C[C@@](O)(NC(=O)O1)[C@H](OC)/C=C/C=C(\C)C2. The number of Topliss-reactive ketones (excluding diaryl/α,β-unsaturated/α-hetero) is 1. The summed E-state index contributed by atoms with van der Waals surface area (Å²) in [5, 5.41) is 14.8. The third-order valence-corrected chi connectivity index (χ3v) is 14.4. The van der Waals surface area contributed by atoms with Crippen molar-refractivity contribution in [2.75, 3.05) is 39.0 Å². The zero-order valence-electron chi connectivity index (χ0n) is 35.0. The summed E-state index contributed by atoms with van der Waals surface area (Å²) in [6.07, 6.45) is 2.29. The third-order valence-electron chi connectivity index (χ3n) is 11.1. The van der Waals surface area contributed by atoms with Gasteiger partial charge in [-0.3, -0.25) is 14.9 Å². The molecule has 3 aliphatic rings. The number of epoxide rings is 1. The minimum atomic E-state index is -1.84. The number of nitrogens with one attached hydrogen (secondary N) is 1. The molecule has 0 aliphatic carbocycles. The van der Waals surface area contributed by atoms with E-state index in [4.69, 9.17) is 35.3 Å². The number of ether oxygens (including phenoxy) is 5. The highest BCUT2D eigenvalue weighted by atomic mass is 35.5. The maximum atomic E-state index is 14.2. The Kier molecular flexibility index (Phi) is 16.6. The number of alkyl carbamates (subject to hydrolysis) is 1. The Hall–Kier alpha value is -3.28. The summed E-state index contributed by atoms with van der Waals surface area (Å²) in [6, 6.07) is 2.58. The maximum Gasteiger partial charge on any atom is 0.409 e. The van der Waals surface area contributed by atoms with Crippen molar-refractivity contribution in [3.05, 3.63) is 46.5 Å². The van der Waals surface area contributed by atoms with Crippen LogP contribution in [0.15, 0.2) is 35.9 Å². The lowest BCUT2D eigenvalue weighted by Crippen LogP contribution is -2.63. The summed E-state index contributed by atoms with van der Waals surface area (Å²) in [5.41, 5.74) is -0.964. The van der Waals surface area contributed by atoms with Crippen LogP contribution in [0, 0.1) is 5.92 Å². The number of aliphatic hydroxyl groups is 1. The van der Waals surface area contributed by atoms with Crippen molar-refractivity contribution < 1.29 is 52.8 Å². The minimum absolute atomic E-state index is 0.0598. The van der Waals surface area contributed by atoms with Gasteiger partial charge in [0.05, 0.1) is 25.3 Å². The number of halogens is 1. The molecule has 0 aromatic heterocycles. The molecular weight excluding hydrogens is 810 g/mol. The van der Waals surface area contributed by atoms with Gasteiger partial charge >= 0.3 is 12.1 Å². The van der Waals surface area contributed by atoms with E-state index < -0.39 is 65.7 Å². The van der Waals surface area contributed by atoms with Crippen LogP contribution in [0.1, 0.15) is 79.2 Å². The van der Waals surface area contributed by atoms with Crippen molar-refractivity contribution in [2.45, 2.75) is 127 Å². The number of likely N-dealkylation sites (N-methyl/N-ethyl adjacent to an activating group) is 1. The van der Waals surface area contributed by atoms with Crippen molar-refractivity contribution in [1.82, 2.24) is 10.2 Å². The van der Waals surface area contributed by atoms with Crippen LogP contribution in [0.25, 0.3) is 0 Å². The molecule has 0 radical (unpaired) electrons. The molecule has 4 rings (SSSR count). The largest absolute Gasteiger partial charge is 0.495 e. The first-order valence-electron chi connectivity index (χ1n) is 19.4. The lowest BCUT2D eigenvalue weighted by atomic mass is 9.83. The van der Waals surface area contributed by atoms with Gasteiger partial charge in [0.1, 0.15) is 46.5 Å². The summed E-state index contributed by atoms with van der Waals surface area (Å²) in [5.74, 6) is -0.961. The lowest BCUT2D eigenvalue weighted by Gasteiger charge is -2.42. The van der Waals surface area contributed by atoms with Gasteiger partial charge in [0.15, 0.2) is 5.72 Å². The zero-order chi connectivity index (χ0) is 43.1. The Morgan fingerprint density at radius 1 is 1.19 bits per heavy atom. The standard InChI is InChI=1S/C41H58ClN3O11S2/c1-23-12-11-13-32(53-10)41(51)22-31(54-39(50)43-41)26(4)37-40(6,56-37)33(21-35(48)45(8)29-19-28(18-23)20-30(52-9)36(29)42)55-38(49)27(5)44(7)34(47)16-17-57-58-25(3)15-14-24(2)46/h11-13,19-20,25-27,31-33,37,51H,14-18,21-22H2,1-10H3,(H,43,50)/b13-11+,23-12+/t25?,26-,27+,31+,32-,33+,37+,40+,41+/m1/s1. The van der Waals surface area contributed by atoms with Crippen LogP contribution in [-0.2, 0) is 44.5 Å². The smallest absolute Gasteiger partial charge is 0.409 e. The molecule has 2 fully saturated rings. The Morgan fingerprint density at radius 2 is 1.90 bits per heavy atom. The molecule has 322 valence electrons. The number of rotatable bonds is 13. The number of anilines is 1. The molecule has 2 saturated heterocycles. The topological polar surface area (TPSA) is 174 Å². The normalized spacial score (nSPS) is 30.0. The molecule has 1 unspecified atom stereocenters. The van der Waals surface area contributed by atoms with Crippen molar-refractivity contribution in [3.8, 4) is 5.75 Å². The van der Waals surface area contributed by atoms with Gasteiger partial charge in [-0.05, 0) is 58.2 Å². The first kappa shape index (κ1) is 47.4. The van der Waals surface area contributed by atoms with Crippen LogP contribution >= 0.6 is 33.2 Å². The first-order valence-corrected chi connectivity index (χ1v) is 22.1. The van der Waals surface area contributed by atoms with Crippen molar-refractivity contribution in [2.24, 2.45) is 5.92 Å². The summed E-state index contributed by atoms with van der Waals surface area (Å²) in [6.45, 7) is 10.6. The van der Waals surface area contributed by atoms with Gasteiger partial charge in [0.2, 0.25) is 11.8 Å². The second-order valence-electron chi connectivity index (χ2n) is 15.6. The van der Waals surface area contributed by atoms with E-state index in [1.807, 2.05) is 19.9 Å². The number of fused-ring (bicyclic) bond motifs is 5. The average molecular weight is 869 g/mol. The van der Waals surface area contributed by atoms with E-state index >= 15 is 0 Å². The number of hydrogen-bond acceptors (Lipinski definition) is 13. The van der Waals surface area contributed by atoms with Crippen molar-refractivity contribution in [3.63, 3.8) is 0 Å². The van der Waals surface area contributed by atoms with Gasteiger partial charge in [-0.2, -0.15) is 0 Å². The second-order valence-corrected chi connectivity index (χ2v) is 18.9. The van der Waals surface area contributed by atoms with Crippen LogP contribution in [0.3, 0.4) is 0 Å². The number of amides is 3. The Balaban J connectivity index is 1.63. The number of benzene rings is 1. The summed E-state index contributed by atoms with van der Waals surface area (Å²) >= 11 is 6.78. The Labute approximate surface area is 354 Å². The van der Waals surface area contributed by atoms with Crippen LogP contribution in [-0.4, -0.2) is 121 Å². The van der Waals surface area contributed by atoms with Gasteiger partial charge in [0, 0.05) is 57.4 Å². The second kappa shape index (κ2) is 20.3. The van der Waals surface area contributed by atoms with E-state index in [0.717, 1.165) is 17.6 Å². The maximum absolute atomic E-state index is 14.2. The number of carbonyl (C=O) groups is 5. The van der Waals surface area contributed by atoms with Crippen LogP contribution in [0.4, 0.5) is 10.5 Å². The number of carbonyl (C=O) groups excluding carboxylic acids is 5. The fraction of sp³-hybridized carbons (Fsp3) is 0.634. The first-order chi connectivity index (χ1) is 27.2. The monoisotopic (exact) mass is 867 g/mol.